The van der Waals surface area contributed by atoms with Gasteiger partial charge in [0.05, 0.1) is 18.9 Å². The molecule has 0 saturated carbocycles. The van der Waals surface area contributed by atoms with Crippen LogP contribution in [0.15, 0.2) is 18.2 Å². The summed E-state index contributed by atoms with van der Waals surface area (Å²) in [4.78, 5) is 50.9. The first kappa shape index (κ1) is 27.5. The minimum Gasteiger partial charge on any atom is -0.481 e. The lowest BCUT2D eigenvalue weighted by molar-refractivity contribution is -0.142. The Kier molecular flexibility index (Phi) is 10.4. The highest BCUT2D eigenvalue weighted by Gasteiger charge is 2.25. The normalized spacial score (nSPS) is 10.7. The third-order valence-corrected chi connectivity index (χ3v) is 3.97. The lowest BCUT2D eigenvalue weighted by Gasteiger charge is -2.26. The number of nitrogens with two attached hydrogens (primary N) is 1. The first-order chi connectivity index (χ1) is 15.4. The summed E-state index contributed by atoms with van der Waals surface area (Å²) >= 11 is 0. The largest absolute Gasteiger partial charge is 0.481 e. The number of rotatable bonds is 10. The number of carbonyl (C=O) groups is 4. The quantitative estimate of drug-likeness (QED) is 0.309. The van der Waals surface area contributed by atoms with E-state index in [-0.39, 0.29) is 32.1 Å². The van der Waals surface area contributed by atoms with Gasteiger partial charge in [0.25, 0.3) is 5.91 Å². The van der Waals surface area contributed by atoms with Crippen LogP contribution < -0.4 is 15.4 Å². The smallest absolute Gasteiger partial charge is 0.416 e. The van der Waals surface area contributed by atoms with E-state index >= 15 is 0 Å². The molecule has 0 bridgehead atoms. The highest BCUT2D eigenvalue weighted by molar-refractivity contribution is 5.92. The van der Waals surface area contributed by atoms with Crippen molar-refractivity contribution in [3.63, 3.8) is 0 Å². The second-order valence-electron chi connectivity index (χ2n) is 7.92. The molecule has 0 atom stereocenters. The molecule has 0 heterocycles. The number of benzene rings is 1. The van der Waals surface area contributed by atoms with Crippen molar-refractivity contribution in [3.05, 3.63) is 18.2 Å². The third kappa shape index (κ3) is 9.67. The number of nitrogen functional groups attached to an aromatic ring is 1. The van der Waals surface area contributed by atoms with Crippen LogP contribution in [0, 0.1) is 0 Å². The molecule has 0 unspecified atom stereocenters. The van der Waals surface area contributed by atoms with Gasteiger partial charge in [0.15, 0.2) is 6.61 Å². The van der Waals surface area contributed by atoms with Gasteiger partial charge in [0, 0.05) is 18.8 Å². The number of imide groups is 1. The zero-order chi connectivity index (χ0) is 25.2. The van der Waals surface area contributed by atoms with Crippen molar-refractivity contribution in [1.29, 1.82) is 0 Å². The van der Waals surface area contributed by atoms with Crippen molar-refractivity contribution in [3.8, 4) is 5.75 Å². The second kappa shape index (κ2) is 12.5. The summed E-state index contributed by atoms with van der Waals surface area (Å²) in [5, 5.41) is 0. The first-order valence-corrected chi connectivity index (χ1v) is 10.5. The standard InChI is InChI=1S/C22H33N3O8/c1-7-30-19(27)12-25(13-20(28)31-8-2)16-10-9-15(23)11-17(16)32-14-18(26)24(6)21(29)33-22(3,4)5/h9-11H,7-8,12-14,23H2,1-6H3. The zero-order valence-electron chi connectivity index (χ0n) is 20.0. The van der Waals surface area contributed by atoms with Gasteiger partial charge >= 0.3 is 18.0 Å². The molecule has 0 aliphatic rings. The molecule has 11 nitrogen and oxygen atoms in total. The van der Waals surface area contributed by atoms with Crippen molar-refractivity contribution in [1.82, 2.24) is 4.90 Å². The lowest BCUT2D eigenvalue weighted by Crippen LogP contribution is -2.40. The minimum absolute atomic E-state index is 0.134. The number of anilines is 2. The summed E-state index contributed by atoms with van der Waals surface area (Å²) in [5.41, 5.74) is 5.73. The Morgan fingerprint density at radius 3 is 2.00 bits per heavy atom. The van der Waals surface area contributed by atoms with E-state index in [1.165, 1.54) is 18.0 Å². The number of hydrogen-bond donors (Lipinski definition) is 1. The summed E-state index contributed by atoms with van der Waals surface area (Å²) in [6.45, 7) is 7.67. The molecule has 0 aliphatic heterocycles. The molecular weight excluding hydrogens is 434 g/mol. The van der Waals surface area contributed by atoms with Gasteiger partial charge in [0.1, 0.15) is 24.4 Å². The van der Waals surface area contributed by atoms with Crippen LogP contribution in [0.25, 0.3) is 0 Å². The van der Waals surface area contributed by atoms with Crippen LogP contribution in [0.1, 0.15) is 34.6 Å². The second-order valence-corrected chi connectivity index (χ2v) is 7.92. The maximum absolute atomic E-state index is 12.4. The molecule has 2 N–H and O–H groups in total. The van der Waals surface area contributed by atoms with Crippen LogP contribution in [0.4, 0.5) is 16.2 Å². The van der Waals surface area contributed by atoms with Crippen LogP contribution in [-0.4, -0.2) is 74.4 Å². The van der Waals surface area contributed by atoms with Gasteiger partial charge in [-0.25, -0.2) is 9.69 Å². The number of esters is 2. The Morgan fingerprint density at radius 1 is 0.970 bits per heavy atom. The predicted molar refractivity (Wildman–Crippen MR) is 121 cm³/mol. The molecule has 0 aliphatic carbocycles. The maximum Gasteiger partial charge on any atom is 0.416 e. The summed E-state index contributed by atoms with van der Waals surface area (Å²) < 4.78 is 20.8. The molecule has 0 aromatic heterocycles. The molecule has 11 heteroatoms. The molecule has 0 spiro atoms. The summed E-state index contributed by atoms with van der Waals surface area (Å²) in [6.07, 6.45) is -0.824. The minimum atomic E-state index is -0.824. The molecule has 0 radical (unpaired) electrons. The molecule has 1 aromatic rings. The van der Waals surface area contributed by atoms with Gasteiger partial charge in [-0.3, -0.25) is 14.4 Å². The van der Waals surface area contributed by atoms with Gasteiger partial charge in [-0.15, -0.1) is 0 Å². The van der Waals surface area contributed by atoms with Crippen molar-refractivity contribution >= 4 is 35.3 Å². The Morgan fingerprint density at radius 2 is 1.52 bits per heavy atom. The molecule has 33 heavy (non-hydrogen) atoms. The highest BCUT2D eigenvalue weighted by atomic mass is 16.6. The van der Waals surface area contributed by atoms with E-state index in [1.54, 1.807) is 46.8 Å². The van der Waals surface area contributed by atoms with E-state index in [4.69, 9.17) is 24.7 Å². The van der Waals surface area contributed by atoms with Gasteiger partial charge in [-0.05, 0) is 46.8 Å². The lowest BCUT2D eigenvalue weighted by atomic mass is 10.2. The number of ether oxygens (including phenoxy) is 4. The van der Waals surface area contributed by atoms with Crippen LogP contribution in [0.3, 0.4) is 0 Å². The van der Waals surface area contributed by atoms with Gasteiger partial charge in [-0.1, -0.05) is 0 Å². The Bertz CT molecular complexity index is 831. The monoisotopic (exact) mass is 467 g/mol. The van der Waals surface area contributed by atoms with Gasteiger partial charge in [0.2, 0.25) is 0 Å². The van der Waals surface area contributed by atoms with Crippen molar-refractivity contribution in [2.24, 2.45) is 0 Å². The maximum atomic E-state index is 12.4. The fourth-order valence-corrected chi connectivity index (χ4v) is 2.53. The molecule has 2 amide bonds. The first-order valence-electron chi connectivity index (χ1n) is 10.5. The van der Waals surface area contributed by atoms with E-state index in [0.717, 1.165) is 4.90 Å². The molecule has 0 saturated heterocycles. The summed E-state index contributed by atoms with van der Waals surface area (Å²) in [5.74, 6) is -1.66. The number of nitrogens with zero attached hydrogens (tertiary/aromatic N) is 2. The molecule has 1 rings (SSSR count). The summed E-state index contributed by atoms with van der Waals surface area (Å²) in [6, 6.07) is 4.55. The third-order valence-electron chi connectivity index (χ3n) is 3.97. The fourth-order valence-electron chi connectivity index (χ4n) is 2.53. The van der Waals surface area contributed by atoms with Crippen LogP contribution in [0.2, 0.25) is 0 Å². The summed E-state index contributed by atoms with van der Waals surface area (Å²) in [7, 11) is 1.27. The highest BCUT2D eigenvalue weighted by Crippen LogP contribution is 2.31. The fraction of sp³-hybridized carbons (Fsp3) is 0.545. The molecule has 184 valence electrons. The number of likely N-dealkylation sites (N-methyl/N-ethyl adjacent to an activating group) is 1. The van der Waals surface area contributed by atoms with E-state index in [9.17, 15) is 19.2 Å². The molecule has 0 fully saturated rings. The van der Waals surface area contributed by atoms with Crippen molar-refractivity contribution < 1.29 is 38.1 Å². The van der Waals surface area contributed by atoms with Crippen LogP contribution >= 0.6 is 0 Å². The van der Waals surface area contributed by atoms with Gasteiger partial charge in [-0.2, -0.15) is 0 Å². The molecule has 1 aromatic carbocycles. The predicted octanol–water partition coefficient (Wildman–Crippen LogP) is 1.97. The van der Waals surface area contributed by atoms with E-state index in [1.807, 2.05) is 0 Å². The SMILES string of the molecule is CCOC(=O)CN(CC(=O)OCC)c1ccc(N)cc1OCC(=O)N(C)C(=O)OC(C)(C)C. The number of amides is 2. The molecular formula is C22H33N3O8. The van der Waals surface area contributed by atoms with Crippen molar-refractivity contribution in [2.75, 3.05) is 50.6 Å². The Balaban J connectivity index is 3.08. The Labute approximate surface area is 193 Å². The average Bonchev–Trinajstić information content (AvgIpc) is 2.70. The van der Waals surface area contributed by atoms with E-state index in [2.05, 4.69) is 0 Å². The van der Waals surface area contributed by atoms with Crippen LogP contribution in [0.5, 0.6) is 5.75 Å². The van der Waals surface area contributed by atoms with E-state index < -0.39 is 36.1 Å². The number of hydrogen-bond acceptors (Lipinski definition) is 10. The van der Waals surface area contributed by atoms with Crippen molar-refractivity contribution in [2.45, 2.75) is 40.2 Å². The topological polar surface area (TPSA) is 138 Å². The zero-order valence-corrected chi connectivity index (χ0v) is 20.0. The Hall–Kier alpha value is -3.50. The van der Waals surface area contributed by atoms with Crippen LogP contribution in [-0.2, 0) is 28.6 Å². The van der Waals surface area contributed by atoms with Gasteiger partial charge < -0.3 is 29.6 Å². The van der Waals surface area contributed by atoms with E-state index in [0.29, 0.717) is 11.4 Å². The average molecular weight is 468 g/mol. The number of carbonyl (C=O) groups excluding carboxylic acids is 4.